The van der Waals surface area contributed by atoms with Gasteiger partial charge in [-0.3, -0.25) is 9.78 Å². The third kappa shape index (κ3) is 2.94. The van der Waals surface area contributed by atoms with Crippen LogP contribution in [-0.2, 0) is 16.0 Å². The Morgan fingerprint density at radius 2 is 2.48 bits per heavy atom. The van der Waals surface area contributed by atoms with Crippen LogP contribution in [0.25, 0.3) is 0 Å². The second kappa shape index (κ2) is 6.12. The van der Waals surface area contributed by atoms with Gasteiger partial charge >= 0.3 is 0 Å². The van der Waals surface area contributed by atoms with Crippen molar-refractivity contribution in [3.8, 4) is 0 Å². The molecule has 3 heterocycles. The van der Waals surface area contributed by atoms with E-state index in [9.17, 15) is 4.79 Å². The fourth-order valence-electron chi connectivity index (χ4n) is 3.50. The molecule has 5 heteroatoms. The third-order valence-corrected chi connectivity index (χ3v) is 4.65. The van der Waals surface area contributed by atoms with Crippen molar-refractivity contribution in [1.29, 1.82) is 0 Å². The summed E-state index contributed by atoms with van der Waals surface area (Å²) in [4.78, 5) is 19.2. The number of rotatable bonds is 4. The van der Waals surface area contributed by atoms with E-state index in [1.165, 1.54) is 0 Å². The fraction of sp³-hybridized carbons (Fsp3) is 0.625. The molecule has 0 spiro atoms. The summed E-state index contributed by atoms with van der Waals surface area (Å²) in [6, 6.07) is 5.86. The van der Waals surface area contributed by atoms with Gasteiger partial charge in [0.15, 0.2) is 0 Å². The predicted octanol–water partition coefficient (Wildman–Crippen LogP) is 0.851. The Hall–Kier alpha value is -1.46. The first-order valence-corrected chi connectivity index (χ1v) is 7.69. The first kappa shape index (κ1) is 14.5. The summed E-state index contributed by atoms with van der Waals surface area (Å²) in [6.45, 7) is 3.14. The predicted molar refractivity (Wildman–Crippen MR) is 79.9 cm³/mol. The van der Waals surface area contributed by atoms with Gasteiger partial charge in [-0.15, -0.1) is 0 Å². The Bertz CT molecular complexity index is 494. The molecule has 5 nitrogen and oxygen atoms in total. The number of pyridine rings is 1. The molecule has 0 bridgehead atoms. The van der Waals surface area contributed by atoms with Gasteiger partial charge in [0.05, 0.1) is 11.5 Å². The highest BCUT2D eigenvalue weighted by molar-refractivity contribution is 5.84. The van der Waals surface area contributed by atoms with Crippen LogP contribution in [0.5, 0.6) is 0 Å². The van der Waals surface area contributed by atoms with Crippen molar-refractivity contribution < 1.29 is 9.53 Å². The minimum Gasteiger partial charge on any atom is -0.377 e. The van der Waals surface area contributed by atoms with Crippen LogP contribution < -0.4 is 5.32 Å². The standard InChI is InChI=1S/C16H23N3O2/c1-19-10-6-14-16(12-19,7-11-21-14)15(20)18-9-5-13-4-2-3-8-17-13/h2-4,8,14H,5-7,9-12H2,1H3,(H,18,20)/t14-,16-/m1/s1. The Morgan fingerprint density at radius 3 is 3.29 bits per heavy atom. The van der Waals surface area contributed by atoms with Crippen molar-refractivity contribution in [2.45, 2.75) is 25.4 Å². The van der Waals surface area contributed by atoms with Crippen molar-refractivity contribution in [3.05, 3.63) is 30.1 Å². The Kier molecular flexibility index (Phi) is 4.22. The highest BCUT2D eigenvalue weighted by atomic mass is 16.5. The summed E-state index contributed by atoms with van der Waals surface area (Å²) in [5.74, 6) is 0.146. The van der Waals surface area contributed by atoms with Gasteiger partial charge < -0.3 is 15.0 Å². The topological polar surface area (TPSA) is 54.5 Å². The van der Waals surface area contributed by atoms with E-state index in [-0.39, 0.29) is 17.4 Å². The van der Waals surface area contributed by atoms with E-state index in [4.69, 9.17) is 4.74 Å². The molecule has 2 aliphatic rings. The smallest absolute Gasteiger partial charge is 0.230 e. The van der Waals surface area contributed by atoms with Crippen molar-refractivity contribution in [1.82, 2.24) is 15.2 Å². The van der Waals surface area contributed by atoms with E-state index in [0.29, 0.717) is 13.2 Å². The van der Waals surface area contributed by atoms with Crippen LogP contribution in [0, 0.1) is 5.41 Å². The van der Waals surface area contributed by atoms with E-state index in [1.807, 2.05) is 18.2 Å². The maximum Gasteiger partial charge on any atom is 0.230 e. The van der Waals surface area contributed by atoms with Crippen molar-refractivity contribution in [2.24, 2.45) is 5.41 Å². The Morgan fingerprint density at radius 1 is 1.57 bits per heavy atom. The molecule has 1 N–H and O–H groups in total. The quantitative estimate of drug-likeness (QED) is 0.893. The normalized spacial score (nSPS) is 29.1. The van der Waals surface area contributed by atoms with E-state index in [1.54, 1.807) is 6.20 Å². The number of piperidine rings is 1. The summed E-state index contributed by atoms with van der Waals surface area (Å²) >= 11 is 0. The molecule has 3 rings (SSSR count). The highest BCUT2D eigenvalue weighted by Gasteiger charge is 2.52. The van der Waals surface area contributed by atoms with E-state index in [2.05, 4.69) is 22.2 Å². The summed E-state index contributed by atoms with van der Waals surface area (Å²) in [5, 5.41) is 3.10. The average Bonchev–Trinajstić information content (AvgIpc) is 2.92. The second-order valence-electron chi connectivity index (χ2n) is 6.12. The number of hydrogen-bond donors (Lipinski definition) is 1. The number of fused-ring (bicyclic) bond motifs is 1. The molecule has 1 amide bonds. The fourth-order valence-corrected chi connectivity index (χ4v) is 3.50. The van der Waals surface area contributed by atoms with Crippen LogP contribution in [-0.4, -0.2) is 55.2 Å². The van der Waals surface area contributed by atoms with Gasteiger partial charge in [0, 0.05) is 44.6 Å². The zero-order valence-electron chi connectivity index (χ0n) is 12.5. The SMILES string of the molecule is CN1CC[C@H]2OCC[C@@]2(C(=O)NCCc2ccccn2)C1. The molecule has 2 saturated heterocycles. The first-order valence-electron chi connectivity index (χ1n) is 7.69. The first-order chi connectivity index (χ1) is 10.2. The molecular formula is C16H23N3O2. The van der Waals surface area contributed by atoms with E-state index >= 15 is 0 Å². The molecule has 21 heavy (non-hydrogen) atoms. The van der Waals surface area contributed by atoms with Crippen LogP contribution in [0.1, 0.15) is 18.5 Å². The molecule has 0 aliphatic carbocycles. The Balaban J connectivity index is 1.59. The van der Waals surface area contributed by atoms with Crippen LogP contribution in [0.2, 0.25) is 0 Å². The zero-order valence-corrected chi connectivity index (χ0v) is 12.5. The molecule has 114 valence electrons. The van der Waals surface area contributed by atoms with Gasteiger partial charge in [0.2, 0.25) is 5.91 Å². The molecule has 1 aromatic rings. The molecule has 0 radical (unpaired) electrons. The van der Waals surface area contributed by atoms with Crippen LogP contribution in [0.15, 0.2) is 24.4 Å². The molecule has 2 aliphatic heterocycles. The molecule has 0 aromatic carbocycles. The lowest BCUT2D eigenvalue weighted by Gasteiger charge is -2.40. The van der Waals surface area contributed by atoms with Crippen molar-refractivity contribution in [2.75, 3.05) is 33.3 Å². The summed E-state index contributed by atoms with van der Waals surface area (Å²) in [7, 11) is 2.08. The molecular weight excluding hydrogens is 266 g/mol. The van der Waals surface area contributed by atoms with Gasteiger partial charge in [-0.05, 0) is 32.0 Å². The maximum absolute atomic E-state index is 12.7. The number of amides is 1. The van der Waals surface area contributed by atoms with Crippen LogP contribution in [0.4, 0.5) is 0 Å². The van der Waals surface area contributed by atoms with Crippen LogP contribution in [0.3, 0.4) is 0 Å². The molecule has 2 atom stereocenters. The lowest BCUT2D eigenvalue weighted by atomic mass is 9.76. The number of nitrogens with zero attached hydrogens (tertiary/aromatic N) is 2. The number of aromatic nitrogens is 1. The number of nitrogens with one attached hydrogen (secondary N) is 1. The summed E-state index contributed by atoms with van der Waals surface area (Å²) < 4.78 is 5.79. The minimum absolute atomic E-state index is 0.0866. The number of carbonyl (C=O) groups is 1. The molecule has 2 fully saturated rings. The van der Waals surface area contributed by atoms with E-state index in [0.717, 1.165) is 38.0 Å². The second-order valence-corrected chi connectivity index (χ2v) is 6.12. The Labute approximate surface area is 125 Å². The van der Waals surface area contributed by atoms with Gasteiger partial charge in [0.25, 0.3) is 0 Å². The average molecular weight is 289 g/mol. The van der Waals surface area contributed by atoms with Gasteiger partial charge in [-0.2, -0.15) is 0 Å². The number of likely N-dealkylation sites (tertiary alicyclic amines) is 1. The number of hydrogen-bond acceptors (Lipinski definition) is 4. The van der Waals surface area contributed by atoms with E-state index < -0.39 is 0 Å². The lowest BCUT2D eigenvalue weighted by molar-refractivity contribution is -0.138. The van der Waals surface area contributed by atoms with Gasteiger partial charge in [0.1, 0.15) is 0 Å². The number of carbonyl (C=O) groups excluding carboxylic acids is 1. The molecule has 0 unspecified atom stereocenters. The summed E-state index contributed by atoms with van der Waals surface area (Å²) in [6.07, 6.45) is 4.42. The van der Waals surface area contributed by atoms with Crippen molar-refractivity contribution in [3.63, 3.8) is 0 Å². The molecule has 0 saturated carbocycles. The van der Waals surface area contributed by atoms with Gasteiger partial charge in [-0.1, -0.05) is 6.07 Å². The van der Waals surface area contributed by atoms with Gasteiger partial charge in [-0.25, -0.2) is 0 Å². The highest BCUT2D eigenvalue weighted by Crippen LogP contribution is 2.40. The lowest BCUT2D eigenvalue weighted by Crippen LogP contribution is -2.56. The van der Waals surface area contributed by atoms with Crippen LogP contribution >= 0.6 is 0 Å². The number of ether oxygens (including phenoxy) is 1. The maximum atomic E-state index is 12.7. The zero-order chi connectivity index (χ0) is 14.7. The minimum atomic E-state index is -0.350. The monoisotopic (exact) mass is 289 g/mol. The third-order valence-electron chi connectivity index (χ3n) is 4.65. The summed E-state index contributed by atoms with van der Waals surface area (Å²) in [5.41, 5.74) is 0.659. The van der Waals surface area contributed by atoms with Crippen molar-refractivity contribution >= 4 is 5.91 Å². The molecule has 1 aromatic heterocycles. The largest absolute Gasteiger partial charge is 0.377 e.